The molecule has 106 valence electrons. The lowest BCUT2D eigenvalue weighted by Crippen LogP contribution is -2.34. The number of aromatic carboxylic acids is 1. The minimum atomic E-state index is -3.35. The first-order valence-corrected chi connectivity index (χ1v) is 8.52. The third-order valence-corrected chi connectivity index (χ3v) is 6.25. The first kappa shape index (κ1) is 14.4. The Morgan fingerprint density at radius 1 is 1.53 bits per heavy atom. The maximum Gasteiger partial charge on any atom is 0.355 e. The molecule has 1 heterocycles. The summed E-state index contributed by atoms with van der Waals surface area (Å²) in [7, 11) is -3.35. The van der Waals surface area contributed by atoms with E-state index in [0.717, 1.165) is 24.2 Å². The fourth-order valence-corrected chi connectivity index (χ4v) is 4.80. The number of rotatable bonds is 5. The lowest BCUT2D eigenvalue weighted by molar-refractivity contribution is 0.0691. The smallest absolute Gasteiger partial charge is 0.355 e. The normalized spacial score (nSPS) is 18.6. The van der Waals surface area contributed by atoms with Gasteiger partial charge in [0.15, 0.2) is 5.69 Å². The molecule has 1 fully saturated rings. The van der Waals surface area contributed by atoms with E-state index in [9.17, 15) is 13.2 Å². The molecular weight excluding hydrogens is 288 g/mol. The van der Waals surface area contributed by atoms with Gasteiger partial charge in [0.1, 0.15) is 5.01 Å². The van der Waals surface area contributed by atoms with E-state index < -0.39 is 22.0 Å². The highest BCUT2D eigenvalue weighted by Crippen LogP contribution is 2.26. The molecule has 1 aromatic rings. The van der Waals surface area contributed by atoms with E-state index in [1.165, 1.54) is 5.38 Å². The molecular formula is C11H16N2O4S2. The Hall–Kier alpha value is -0.990. The lowest BCUT2D eigenvalue weighted by atomic mass is 10.4. The zero-order valence-corrected chi connectivity index (χ0v) is 12.1. The van der Waals surface area contributed by atoms with Crippen LogP contribution in [0.1, 0.15) is 54.1 Å². The summed E-state index contributed by atoms with van der Waals surface area (Å²) in [4.78, 5) is 14.6. The molecule has 2 N–H and O–H groups in total. The Bertz CT molecular complexity index is 561. The summed E-state index contributed by atoms with van der Waals surface area (Å²) in [5, 5.41) is 10.4. The molecule has 19 heavy (non-hydrogen) atoms. The fourth-order valence-electron chi connectivity index (χ4n) is 2.18. The van der Waals surface area contributed by atoms with Gasteiger partial charge in [-0.1, -0.05) is 12.8 Å². The second-order valence-corrected chi connectivity index (χ2v) is 7.55. The number of nitrogens with one attached hydrogen (secondary N) is 1. The molecule has 6 nitrogen and oxygen atoms in total. The number of thiazole rings is 1. The van der Waals surface area contributed by atoms with Crippen LogP contribution in [0, 0.1) is 0 Å². The van der Waals surface area contributed by atoms with Gasteiger partial charge in [0.2, 0.25) is 10.0 Å². The maximum absolute atomic E-state index is 12.1. The van der Waals surface area contributed by atoms with Crippen molar-refractivity contribution in [1.29, 1.82) is 0 Å². The Morgan fingerprint density at radius 3 is 2.68 bits per heavy atom. The van der Waals surface area contributed by atoms with Gasteiger partial charge >= 0.3 is 5.97 Å². The zero-order chi connectivity index (χ0) is 14.0. The van der Waals surface area contributed by atoms with E-state index >= 15 is 0 Å². The molecule has 1 saturated carbocycles. The molecule has 0 radical (unpaired) electrons. The van der Waals surface area contributed by atoms with Crippen LogP contribution in [0.2, 0.25) is 0 Å². The van der Waals surface area contributed by atoms with Crippen LogP contribution in [0.4, 0.5) is 0 Å². The van der Waals surface area contributed by atoms with Crippen molar-refractivity contribution in [3.8, 4) is 0 Å². The standard InChI is InChI=1S/C11H16N2O4S2/c1-7(10-12-9(6-18-10)11(14)15)13-19(16,17)8-4-2-3-5-8/h6-8,13H,2-5H2,1H3,(H,14,15). The quantitative estimate of drug-likeness (QED) is 0.864. The van der Waals surface area contributed by atoms with Crippen LogP contribution in [-0.2, 0) is 10.0 Å². The minimum absolute atomic E-state index is 0.0492. The summed E-state index contributed by atoms with van der Waals surface area (Å²) >= 11 is 1.15. The molecule has 1 aromatic heterocycles. The van der Waals surface area contributed by atoms with E-state index in [1.54, 1.807) is 6.92 Å². The van der Waals surface area contributed by atoms with Gasteiger partial charge in [0.25, 0.3) is 0 Å². The van der Waals surface area contributed by atoms with Gasteiger partial charge in [-0.05, 0) is 19.8 Å². The summed E-state index contributed by atoms with van der Waals surface area (Å²) in [6, 6.07) is -0.497. The average Bonchev–Trinajstić information content (AvgIpc) is 3.00. The van der Waals surface area contributed by atoms with E-state index in [-0.39, 0.29) is 10.9 Å². The molecule has 2 rings (SSSR count). The summed E-state index contributed by atoms with van der Waals surface area (Å²) in [6.45, 7) is 1.68. The van der Waals surface area contributed by atoms with Gasteiger partial charge in [0, 0.05) is 5.38 Å². The number of carboxylic acids is 1. The largest absolute Gasteiger partial charge is 0.476 e. The van der Waals surface area contributed by atoms with Crippen LogP contribution < -0.4 is 4.72 Å². The van der Waals surface area contributed by atoms with E-state index in [1.807, 2.05) is 0 Å². The Morgan fingerprint density at radius 2 is 2.16 bits per heavy atom. The molecule has 1 aliphatic carbocycles. The first-order chi connectivity index (χ1) is 8.90. The molecule has 0 bridgehead atoms. The molecule has 0 amide bonds. The van der Waals surface area contributed by atoms with E-state index in [2.05, 4.69) is 9.71 Å². The van der Waals surface area contributed by atoms with Gasteiger partial charge < -0.3 is 5.11 Å². The zero-order valence-electron chi connectivity index (χ0n) is 10.5. The van der Waals surface area contributed by atoms with Crippen molar-refractivity contribution >= 4 is 27.3 Å². The van der Waals surface area contributed by atoms with Crippen LogP contribution >= 0.6 is 11.3 Å². The predicted octanol–water partition coefficient (Wildman–Crippen LogP) is 1.76. The molecule has 0 aliphatic heterocycles. The second-order valence-electron chi connectivity index (χ2n) is 4.67. The lowest BCUT2D eigenvalue weighted by Gasteiger charge is -2.16. The van der Waals surface area contributed by atoms with Crippen molar-refractivity contribution in [3.63, 3.8) is 0 Å². The van der Waals surface area contributed by atoms with Gasteiger partial charge in [0.05, 0.1) is 11.3 Å². The molecule has 1 aliphatic rings. The van der Waals surface area contributed by atoms with Crippen molar-refractivity contribution in [1.82, 2.24) is 9.71 Å². The number of carbonyl (C=O) groups is 1. The van der Waals surface area contributed by atoms with Crippen molar-refractivity contribution in [2.24, 2.45) is 0 Å². The minimum Gasteiger partial charge on any atom is -0.476 e. The Kier molecular flexibility index (Phi) is 4.22. The topological polar surface area (TPSA) is 96.4 Å². The van der Waals surface area contributed by atoms with E-state index in [0.29, 0.717) is 17.8 Å². The molecule has 0 spiro atoms. The maximum atomic E-state index is 12.1. The highest BCUT2D eigenvalue weighted by atomic mass is 32.2. The van der Waals surface area contributed by atoms with Gasteiger partial charge in [-0.3, -0.25) is 0 Å². The summed E-state index contributed by atoms with van der Waals surface area (Å²) in [5.74, 6) is -1.10. The number of hydrogen-bond donors (Lipinski definition) is 2. The van der Waals surface area contributed by atoms with Crippen LogP contribution in [-0.4, -0.2) is 29.7 Å². The Labute approximate surface area is 115 Å². The molecule has 0 aromatic carbocycles. The number of nitrogens with zero attached hydrogens (tertiary/aromatic N) is 1. The summed E-state index contributed by atoms with van der Waals surface area (Å²) in [5.41, 5.74) is -0.0492. The molecule has 1 atom stereocenters. The number of carboxylic acid groups (broad SMARTS) is 1. The molecule has 1 unspecified atom stereocenters. The number of sulfonamides is 1. The van der Waals surface area contributed by atoms with Gasteiger partial charge in [-0.25, -0.2) is 22.9 Å². The van der Waals surface area contributed by atoms with Crippen LogP contribution in [0.3, 0.4) is 0 Å². The highest BCUT2D eigenvalue weighted by Gasteiger charge is 2.30. The Balaban J connectivity index is 2.07. The second kappa shape index (κ2) is 5.56. The summed E-state index contributed by atoms with van der Waals surface area (Å²) in [6.07, 6.45) is 3.28. The highest BCUT2D eigenvalue weighted by molar-refractivity contribution is 7.90. The third kappa shape index (κ3) is 3.31. The summed E-state index contributed by atoms with van der Waals surface area (Å²) < 4.78 is 26.8. The average molecular weight is 304 g/mol. The van der Waals surface area contributed by atoms with Crippen LogP contribution in [0.5, 0.6) is 0 Å². The first-order valence-electron chi connectivity index (χ1n) is 6.10. The predicted molar refractivity (Wildman–Crippen MR) is 71.8 cm³/mol. The van der Waals surface area contributed by atoms with Crippen molar-refractivity contribution in [2.45, 2.75) is 43.9 Å². The van der Waals surface area contributed by atoms with Crippen LogP contribution in [0.15, 0.2) is 5.38 Å². The van der Waals surface area contributed by atoms with Crippen molar-refractivity contribution < 1.29 is 18.3 Å². The SMILES string of the molecule is CC(NS(=O)(=O)C1CCCC1)c1nc(C(=O)O)cs1. The monoisotopic (exact) mass is 304 g/mol. The number of aromatic nitrogens is 1. The number of hydrogen-bond acceptors (Lipinski definition) is 5. The molecule has 8 heteroatoms. The molecule has 0 saturated heterocycles. The van der Waals surface area contributed by atoms with Crippen LogP contribution in [0.25, 0.3) is 0 Å². The fraction of sp³-hybridized carbons (Fsp3) is 0.636. The van der Waals surface area contributed by atoms with Gasteiger partial charge in [-0.2, -0.15) is 0 Å². The third-order valence-electron chi connectivity index (χ3n) is 3.19. The van der Waals surface area contributed by atoms with Gasteiger partial charge in [-0.15, -0.1) is 11.3 Å². The van der Waals surface area contributed by atoms with E-state index in [4.69, 9.17) is 5.11 Å². The van der Waals surface area contributed by atoms with Crippen molar-refractivity contribution in [2.75, 3.05) is 0 Å². The van der Waals surface area contributed by atoms with Crippen molar-refractivity contribution in [3.05, 3.63) is 16.1 Å².